The van der Waals surface area contributed by atoms with Crippen LogP contribution in [0.4, 0.5) is 11.4 Å². The number of fused-ring (bicyclic) bond motifs is 2. The minimum absolute atomic E-state index is 0.0694. The Hall–Kier alpha value is -2.87. The summed E-state index contributed by atoms with van der Waals surface area (Å²) < 4.78 is 17.4. The van der Waals surface area contributed by atoms with Gasteiger partial charge in [-0.3, -0.25) is 14.5 Å². The van der Waals surface area contributed by atoms with Gasteiger partial charge in [0.15, 0.2) is 11.5 Å². The molecule has 178 valence electrons. The normalized spacial score (nSPS) is 26.3. The van der Waals surface area contributed by atoms with Gasteiger partial charge >= 0.3 is 0 Å². The number of hydrogen-bond donors (Lipinski definition) is 0. The molecule has 1 saturated heterocycles. The number of carbonyl (C=O) groups excluding carboxylic acids is 2. The maximum absolute atomic E-state index is 14.4. The van der Waals surface area contributed by atoms with Crippen LogP contribution in [0.2, 0.25) is 0 Å². The molecule has 6 rings (SSSR count). The first kappa shape index (κ1) is 21.6. The highest BCUT2D eigenvalue weighted by atomic mass is 32.2. The lowest BCUT2D eigenvalue weighted by atomic mass is 9.80. The minimum Gasteiger partial charge on any atom is -0.494 e. The Morgan fingerprint density at radius 3 is 2.62 bits per heavy atom. The monoisotopic (exact) mass is 480 g/mol. The summed E-state index contributed by atoms with van der Waals surface area (Å²) in [6.45, 7) is 9.84. The fourth-order valence-corrected chi connectivity index (χ4v) is 7.31. The molecular weight excluding hydrogens is 452 g/mol. The molecule has 1 fully saturated rings. The minimum atomic E-state index is -1.18. The number of nitrogens with zero attached hydrogens (tertiary/aromatic N) is 2. The Kier molecular flexibility index (Phi) is 4.66. The average molecular weight is 481 g/mol. The van der Waals surface area contributed by atoms with Gasteiger partial charge < -0.3 is 19.1 Å². The molecule has 1 spiro atoms. The largest absolute Gasteiger partial charge is 0.494 e. The lowest BCUT2D eigenvalue weighted by molar-refractivity contribution is -0.124. The van der Waals surface area contributed by atoms with Gasteiger partial charge in [-0.25, -0.2) is 0 Å². The molecule has 0 bridgehead atoms. The van der Waals surface area contributed by atoms with E-state index in [1.807, 2.05) is 36.1 Å². The van der Waals surface area contributed by atoms with E-state index in [4.69, 9.17) is 14.2 Å². The molecule has 4 heterocycles. The van der Waals surface area contributed by atoms with Crippen LogP contribution in [0.25, 0.3) is 0 Å². The molecule has 0 saturated carbocycles. The number of hydrogen-bond acceptors (Lipinski definition) is 6. The van der Waals surface area contributed by atoms with Crippen molar-refractivity contribution in [3.63, 3.8) is 0 Å². The van der Waals surface area contributed by atoms with E-state index in [0.29, 0.717) is 37.0 Å². The van der Waals surface area contributed by atoms with Gasteiger partial charge in [-0.2, -0.15) is 0 Å². The number of ether oxygens (including phenoxy) is 3. The Bertz CT molecular complexity index is 1230. The molecule has 2 amide bonds. The summed E-state index contributed by atoms with van der Waals surface area (Å²) in [5.74, 6) is 2.28. The third-order valence-electron chi connectivity index (χ3n) is 7.20. The summed E-state index contributed by atoms with van der Waals surface area (Å²) in [4.78, 5) is 30.3. The highest BCUT2D eigenvalue weighted by Gasteiger charge is 2.64. The second kappa shape index (κ2) is 7.31. The highest BCUT2D eigenvalue weighted by Crippen LogP contribution is 2.62. The van der Waals surface area contributed by atoms with Crippen LogP contribution in [0.3, 0.4) is 0 Å². The van der Waals surface area contributed by atoms with Crippen molar-refractivity contribution in [1.29, 1.82) is 0 Å². The zero-order chi connectivity index (χ0) is 23.8. The van der Waals surface area contributed by atoms with E-state index < -0.39 is 4.87 Å². The SMILES string of the molecule is CCOc1cc2c3c(c1)[C@]1(SCC(=O)N1c1ccc4c(c1)OCCO4)C(=O)N3C(C)(C)C[C@H]2C. The number of carbonyl (C=O) groups is 2. The quantitative estimate of drug-likeness (QED) is 0.648. The summed E-state index contributed by atoms with van der Waals surface area (Å²) in [5, 5.41) is 0. The van der Waals surface area contributed by atoms with Crippen LogP contribution in [0, 0.1) is 0 Å². The molecule has 8 heteroatoms. The second-order valence-corrected chi connectivity index (χ2v) is 11.1. The van der Waals surface area contributed by atoms with Crippen LogP contribution in [0.1, 0.15) is 51.2 Å². The molecule has 4 aliphatic rings. The van der Waals surface area contributed by atoms with Gasteiger partial charge in [0.2, 0.25) is 10.8 Å². The van der Waals surface area contributed by atoms with Gasteiger partial charge in [-0.15, -0.1) is 11.8 Å². The van der Waals surface area contributed by atoms with E-state index in [1.54, 1.807) is 4.90 Å². The first-order chi connectivity index (χ1) is 16.3. The van der Waals surface area contributed by atoms with E-state index in [2.05, 4.69) is 26.8 Å². The van der Waals surface area contributed by atoms with Gasteiger partial charge in [0.1, 0.15) is 19.0 Å². The van der Waals surface area contributed by atoms with Gasteiger partial charge in [0, 0.05) is 22.9 Å². The van der Waals surface area contributed by atoms with Gasteiger partial charge in [0.05, 0.1) is 18.0 Å². The third-order valence-corrected chi connectivity index (χ3v) is 8.59. The maximum atomic E-state index is 14.4. The van der Waals surface area contributed by atoms with Crippen LogP contribution >= 0.6 is 11.8 Å². The molecule has 2 aromatic rings. The highest BCUT2D eigenvalue weighted by molar-refractivity contribution is 8.02. The fourth-order valence-electron chi connectivity index (χ4n) is 5.98. The predicted octanol–water partition coefficient (Wildman–Crippen LogP) is 4.42. The second-order valence-electron chi connectivity index (χ2n) is 9.89. The van der Waals surface area contributed by atoms with Crippen LogP contribution in [0.15, 0.2) is 30.3 Å². The van der Waals surface area contributed by atoms with Crippen molar-refractivity contribution in [2.24, 2.45) is 0 Å². The Morgan fingerprint density at radius 2 is 1.85 bits per heavy atom. The summed E-state index contributed by atoms with van der Waals surface area (Å²) in [6.07, 6.45) is 0.833. The molecule has 4 aliphatic heterocycles. The van der Waals surface area contributed by atoms with Crippen molar-refractivity contribution in [2.45, 2.75) is 50.4 Å². The van der Waals surface area contributed by atoms with Crippen molar-refractivity contribution in [2.75, 3.05) is 35.4 Å². The zero-order valence-corrected chi connectivity index (χ0v) is 20.7. The molecule has 0 aliphatic carbocycles. The fraction of sp³-hybridized carbons (Fsp3) is 0.462. The molecule has 0 aromatic heterocycles. The molecule has 2 atom stereocenters. The Labute approximate surface area is 203 Å². The number of rotatable bonds is 3. The Balaban J connectivity index is 1.59. The third kappa shape index (κ3) is 2.78. The molecule has 0 radical (unpaired) electrons. The van der Waals surface area contributed by atoms with Crippen molar-refractivity contribution in [3.05, 3.63) is 41.5 Å². The van der Waals surface area contributed by atoms with Gasteiger partial charge in [-0.1, -0.05) is 6.92 Å². The first-order valence-corrected chi connectivity index (χ1v) is 12.8. The maximum Gasteiger partial charge on any atom is 0.269 e. The summed E-state index contributed by atoms with van der Waals surface area (Å²) >= 11 is 1.39. The lowest BCUT2D eigenvalue weighted by Crippen LogP contribution is -2.56. The van der Waals surface area contributed by atoms with Crippen LogP contribution in [-0.2, 0) is 14.5 Å². The zero-order valence-electron chi connectivity index (χ0n) is 19.8. The smallest absolute Gasteiger partial charge is 0.269 e. The first-order valence-electron chi connectivity index (χ1n) is 11.8. The topological polar surface area (TPSA) is 68.3 Å². The average Bonchev–Trinajstić information content (AvgIpc) is 3.28. The molecule has 0 N–H and O–H groups in total. The van der Waals surface area contributed by atoms with Crippen molar-refractivity contribution < 1.29 is 23.8 Å². The summed E-state index contributed by atoms with van der Waals surface area (Å²) in [5.41, 5.74) is 3.13. The van der Waals surface area contributed by atoms with E-state index in [0.717, 1.165) is 29.0 Å². The molecule has 0 unspecified atom stereocenters. The van der Waals surface area contributed by atoms with Crippen LogP contribution in [0.5, 0.6) is 17.2 Å². The van der Waals surface area contributed by atoms with Crippen LogP contribution in [-0.4, -0.2) is 42.9 Å². The number of anilines is 2. The van der Waals surface area contributed by atoms with E-state index >= 15 is 0 Å². The summed E-state index contributed by atoms with van der Waals surface area (Å²) in [6, 6.07) is 9.51. The van der Waals surface area contributed by atoms with Gasteiger partial charge in [-0.05, 0) is 62.9 Å². The lowest BCUT2D eigenvalue weighted by Gasteiger charge is -2.44. The summed E-state index contributed by atoms with van der Waals surface area (Å²) in [7, 11) is 0. The van der Waals surface area contributed by atoms with Crippen molar-refractivity contribution in [3.8, 4) is 17.2 Å². The number of amides is 2. The Morgan fingerprint density at radius 1 is 1.09 bits per heavy atom. The molecule has 2 aromatic carbocycles. The van der Waals surface area contributed by atoms with E-state index in [1.165, 1.54) is 11.8 Å². The number of benzene rings is 2. The predicted molar refractivity (Wildman–Crippen MR) is 131 cm³/mol. The van der Waals surface area contributed by atoms with Crippen molar-refractivity contribution in [1.82, 2.24) is 0 Å². The van der Waals surface area contributed by atoms with E-state index in [-0.39, 0.29) is 29.0 Å². The standard InChI is InChI=1S/C26H28N2O5S/c1-5-31-17-11-18-15(2)13-25(3,4)28-23(18)19(12-17)26(24(28)30)27(22(29)14-34-26)16-6-7-20-21(10-16)33-9-8-32-20/h6-7,10-12,15H,5,8-9,13-14H2,1-4H3/t15-,26+/m1/s1. The molecule has 7 nitrogen and oxygen atoms in total. The van der Waals surface area contributed by atoms with Crippen molar-refractivity contribution >= 4 is 35.0 Å². The van der Waals surface area contributed by atoms with E-state index in [9.17, 15) is 9.59 Å². The van der Waals surface area contributed by atoms with Crippen LogP contribution < -0.4 is 24.0 Å². The van der Waals surface area contributed by atoms with Gasteiger partial charge in [0.25, 0.3) is 5.91 Å². The number of thioether (sulfide) groups is 1. The molecular formula is C26H28N2O5S. The molecule has 34 heavy (non-hydrogen) atoms.